The Balaban J connectivity index is 1.57. The lowest BCUT2D eigenvalue weighted by atomic mass is 9.96. The maximum absolute atomic E-state index is 12.4. The summed E-state index contributed by atoms with van der Waals surface area (Å²) in [6.07, 6.45) is 6.29. The molecule has 0 bridgehead atoms. The zero-order valence-corrected chi connectivity index (χ0v) is 15.7. The summed E-state index contributed by atoms with van der Waals surface area (Å²) in [5, 5.41) is 15.5. The van der Waals surface area contributed by atoms with Gasteiger partial charge >= 0.3 is 0 Å². The van der Waals surface area contributed by atoms with Crippen LogP contribution in [0.5, 0.6) is 0 Å². The summed E-state index contributed by atoms with van der Waals surface area (Å²) in [7, 11) is 0. The first kappa shape index (κ1) is 18.6. The number of benzene rings is 1. The SMILES string of the molecule is CCC(=O)Nc1ccc(C(=O)CSc2nnnn2C2CCCCC2)cc1. The highest BCUT2D eigenvalue weighted by atomic mass is 32.2. The molecule has 8 heteroatoms. The number of hydrogen-bond acceptors (Lipinski definition) is 6. The number of thioether (sulfide) groups is 1. The molecule has 0 radical (unpaired) electrons. The van der Waals surface area contributed by atoms with Gasteiger partial charge in [0, 0.05) is 17.7 Å². The fraction of sp³-hybridized carbons (Fsp3) is 0.500. The molecule has 26 heavy (non-hydrogen) atoms. The van der Waals surface area contributed by atoms with Crippen LogP contribution in [0.1, 0.15) is 61.8 Å². The van der Waals surface area contributed by atoms with Gasteiger partial charge in [0.05, 0.1) is 11.8 Å². The van der Waals surface area contributed by atoms with E-state index < -0.39 is 0 Å². The predicted molar refractivity (Wildman–Crippen MR) is 100 cm³/mol. The largest absolute Gasteiger partial charge is 0.326 e. The summed E-state index contributed by atoms with van der Waals surface area (Å²) in [6, 6.07) is 7.31. The van der Waals surface area contributed by atoms with E-state index in [2.05, 4.69) is 20.8 Å². The zero-order chi connectivity index (χ0) is 18.4. The number of amides is 1. The topological polar surface area (TPSA) is 89.8 Å². The highest BCUT2D eigenvalue weighted by molar-refractivity contribution is 7.99. The fourth-order valence-corrected chi connectivity index (χ4v) is 3.88. The van der Waals surface area contributed by atoms with Crippen molar-refractivity contribution in [2.75, 3.05) is 11.1 Å². The van der Waals surface area contributed by atoms with E-state index in [4.69, 9.17) is 0 Å². The fourth-order valence-electron chi connectivity index (χ4n) is 3.04. The summed E-state index contributed by atoms with van der Waals surface area (Å²) < 4.78 is 1.88. The molecule has 1 saturated carbocycles. The minimum Gasteiger partial charge on any atom is -0.326 e. The molecule has 3 rings (SSSR count). The van der Waals surface area contributed by atoms with Crippen molar-refractivity contribution in [3.8, 4) is 0 Å². The number of rotatable bonds is 7. The lowest BCUT2D eigenvalue weighted by Gasteiger charge is -2.21. The number of anilines is 1. The third-order valence-electron chi connectivity index (χ3n) is 4.53. The first-order valence-electron chi connectivity index (χ1n) is 9.01. The van der Waals surface area contributed by atoms with Crippen molar-refractivity contribution in [2.45, 2.75) is 56.6 Å². The highest BCUT2D eigenvalue weighted by Crippen LogP contribution is 2.30. The van der Waals surface area contributed by atoms with Crippen LogP contribution >= 0.6 is 11.8 Å². The van der Waals surface area contributed by atoms with Gasteiger partial charge in [-0.3, -0.25) is 9.59 Å². The van der Waals surface area contributed by atoms with Gasteiger partial charge in [0.1, 0.15) is 0 Å². The summed E-state index contributed by atoms with van der Waals surface area (Å²) in [5.74, 6) is 0.254. The third kappa shape index (κ3) is 4.69. The lowest BCUT2D eigenvalue weighted by molar-refractivity contribution is -0.115. The van der Waals surface area contributed by atoms with E-state index in [0.717, 1.165) is 12.8 Å². The number of Topliss-reactive ketones (excluding diaryl/α,β-unsaturated/α-hetero) is 1. The summed E-state index contributed by atoms with van der Waals surface area (Å²) in [4.78, 5) is 23.8. The van der Waals surface area contributed by atoms with E-state index in [1.807, 2.05) is 4.68 Å². The second-order valence-corrected chi connectivity index (χ2v) is 7.33. The van der Waals surface area contributed by atoms with Gasteiger partial charge in [-0.2, -0.15) is 0 Å². The molecule has 0 spiro atoms. The normalized spacial score (nSPS) is 15.0. The summed E-state index contributed by atoms with van der Waals surface area (Å²) in [5.41, 5.74) is 1.31. The molecule has 1 aliphatic carbocycles. The Hall–Kier alpha value is -2.22. The minimum absolute atomic E-state index is 0.0153. The van der Waals surface area contributed by atoms with Crippen LogP contribution in [-0.2, 0) is 4.79 Å². The Morgan fingerprint density at radius 3 is 2.62 bits per heavy atom. The summed E-state index contributed by atoms with van der Waals surface area (Å²) in [6.45, 7) is 1.80. The molecule has 1 amide bonds. The number of hydrogen-bond donors (Lipinski definition) is 1. The molecule has 1 fully saturated rings. The number of tetrazole rings is 1. The average Bonchev–Trinajstić information content (AvgIpc) is 3.16. The van der Waals surface area contributed by atoms with Gasteiger partial charge in [0.15, 0.2) is 5.78 Å². The van der Waals surface area contributed by atoms with Crippen molar-refractivity contribution >= 4 is 29.1 Å². The van der Waals surface area contributed by atoms with E-state index >= 15 is 0 Å². The van der Waals surface area contributed by atoms with Crippen LogP contribution in [0.3, 0.4) is 0 Å². The van der Waals surface area contributed by atoms with Crippen LogP contribution in [-0.4, -0.2) is 37.7 Å². The Labute approximate surface area is 156 Å². The first-order chi connectivity index (χ1) is 12.7. The van der Waals surface area contributed by atoms with Crippen molar-refractivity contribution in [3.05, 3.63) is 29.8 Å². The molecule has 0 unspecified atom stereocenters. The van der Waals surface area contributed by atoms with Gasteiger partial charge in [-0.25, -0.2) is 4.68 Å². The van der Waals surface area contributed by atoms with Crippen LogP contribution in [0.4, 0.5) is 5.69 Å². The second-order valence-electron chi connectivity index (χ2n) is 6.39. The Kier molecular flexibility index (Phi) is 6.38. The molecule has 1 aromatic heterocycles. The standard InChI is InChI=1S/C18H23N5O2S/c1-2-17(25)19-14-10-8-13(9-11-14)16(24)12-26-18-20-21-22-23(18)15-6-4-3-5-7-15/h8-11,15H,2-7,12H2,1H3,(H,19,25). The van der Waals surface area contributed by atoms with E-state index in [9.17, 15) is 9.59 Å². The van der Waals surface area contributed by atoms with Crippen molar-refractivity contribution in [1.29, 1.82) is 0 Å². The Morgan fingerprint density at radius 1 is 1.19 bits per heavy atom. The molecule has 0 atom stereocenters. The molecule has 1 aliphatic rings. The maximum atomic E-state index is 12.4. The molecule has 138 valence electrons. The van der Waals surface area contributed by atoms with Crippen LogP contribution < -0.4 is 5.32 Å². The van der Waals surface area contributed by atoms with E-state index in [1.165, 1.54) is 31.0 Å². The van der Waals surface area contributed by atoms with Gasteiger partial charge in [-0.15, -0.1) is 5.10 Å². The maximum Gasteiger partial charge on any atom is 0.224 e. The Bertz CT molecular complexity index is 753. The van der Waals surface area contributed by atoms with Crippen molar-refractivity contribution in [2.24, 2.45) is 0 Å². The molecule has 1 N–H and O–H groups in total. The first-order valence-corrected chi connectivity index (χ1v) is 9.99. The molecule has 0 aliphatic heterocycles. The minimum atomic E-state index is -0.0471. The smallest absolute Gasteiger partial charge is 0.224 e. The van der Waals surface area contributed by atoms with Crippen molar-refractivity contribution < 1.29 is 9.59 Å². The number of ketones is 1. The monoisotopic (exact) mass is 373 g/mol. The van der Waals surface area contributed by atoms with E-state index in [1.54, 1.807) is 31.2 Å². The van der Waals surface area contributed by atoms with Gasteiger partial charge < -0.3 is 5.32 Å². The second kappa shape index (κ2) is 8.93. The number of carbonyl (C=O) groups is 2. The molecule has 1 aromatic carbocycles. The van der Waals surface area contributed by atoms with Gasteiger partial charge in [0.25, 0.3) is 0 Å². The molecular weight excluding hydrogens is 350 g/mol. The van der Waals surface area contributed by atoms with Crippen LogP contribution in [0.2, 0.25) is 0 Å². The zero-order valence-electron chi connectivity index (χ0n) is 14.9. The van der Waals surface area contributed by atoms with Gasteiger partial charge in [-0.1, -0.05) is 37.9 Å². The molecular formula is C18H23N5O2S. The van der Waals surface area contributed by atoms with Crippen molar-refractivity contribution in [1.82, 2.24) is 20.2 Å². The molecule has 2 aromatic rings. The highest BCUT2D eigenvalue weighted by Gasteiger charge is 2.21. The van der Waals surface area contributed by atoms with Crippen molar-refractivity contribution in [3.63, 3.8) is 0 Å². The van der Waals surface area contributed by atoms with Gasteiger partial charge in [-0.05, 0) is 47.5 Å². The number of nitrogens with zero attached hydrogens (tertiary/aromatic N) is 4. The quantitative estimate of drug-likeness (QED) is 0.590. The number of nitrogens with one attached hydrogen (secondary N) is 1. The Morgan fingerprint density at radius 2 is 1.92 bits per heavy atom. The average molecular weight is 373 g/mol. The van der Waals surface area contributed by atoms with E-state index in [-0.39, 0.29) is 17.4 Å². The third-order valence-corrected chi connectivity index (χ3v) is 5.46. The van der Waals surface area contributed by atoms with Crippen LogP contribution in [0.25, 0.3) is 0 Å². The lowest BCUT2D eigenvalue weighted by Crippen LogP contribution is -2.16. The molecule has 7 nitrogen and oxygen atoms in total. The van der Waals surface area contributed by atoms with E-state index in [0.29, 0.717) is 28.9 Å². The molecule has 1 heterocycles. The van der Waals surface area contributed by atoms with Crippen LogP contribution in [0, 0.1) is 0 Å². The summed E-state index contributed by atoms with van der Waals surface area (Å²) >= 11 is 1.38. The predicted octanol–water partition coefficient (Wildman–Crippen LogP) is 3.50. The van der Waals surface area contributed by atoms with Crippen LogP contribution in [0.15, 0.2) is 29.4 Å². The van der Waals surface area contributed by atoms with Gasteiger partial charge in [0.2, 0.25) is 11.1 Å². The number of carbonyl (C=O) groups excluding carboxylic acids is 2. The molecule has 0 saturated heterocycles. The number of aromatic nitrogens is 4.